The van der Waals surface area contributed by atoms with Crippen molar-refractivity contribution in [3.63, 3.8) is 0 Å². The monoisotopic (exact) mass is 533 g/mol. The van der Waals surface area contributed by atoms with Gasteiger partial charge in [0.05, 0.1) is 6.54 Å². The lowest BCUT2D eigenvalue weighted by Crippen LogP contribution is -2.48. The van der Waals surface area contributed by atoms with Crippen LogP contribution in [0.15, 0.2) is 10.4 Å². The van der Waals surface area contributed by atoms with E-state index in [4.69, 9.17) is 0 Å². The van der Waals surface area contributed by atoms with E-state index >= 15 is 0 Å². The van der Waals surface area contributed by atoms with Crippen LogP contribution in [0.3, 0.4) is 0 Å². The van der Waals surface area contributed by atoms with Crippen molar-refractivity contribution < 1.29 is 13.2 Å². The maximum Gasteiger partial charge on any atom is 0.434 e. The van der Waals surface area contributed by atoms with Crippen LogP contribution in [0.5, 0.6) is 0 Å². The number of nitrogens with zero attached hydrogens (tertiary/aromatic N) is 3. The molecule has 1 saturated carbocycles. The van der Waals surface area contributed by atoms with Gasteiger partial charge in [0.15, 0.2) is 11.7 Å². The molecule has 2 rings (SSSR count). The lowest BCUT2D eigenvalue weighted by Gasteiger charge is -2.35. The Morgan fingerprint density at radius 2 is 1.96 bits per heavy atom. The van der Waals surface area contributed by atoms with E-state index in [1.165, 1.54) is 32.1 Å². The zero-order valence-corrected chi connectivity index (χ0v) is 19.8. The number of alkyl halides is 3. The van der Waals surface area contributed by atoms with Gasteiger partial charge in [-0.05, 0) is 39.8 Å². The molecule has 0 bridgehead atoms. The molecular weight excluding hydrogens is 502 g/mol. The minimum atomic E-state index is -4.40. The summed E-state index contributed by atoms with van der Waals surface area (Å²) in [6.45, 7) is 3.54. The molecule has 162 valence electrons. The Hall–Kier alpha value is -0.620. The molecule has 1 aromatic rings. The van der Waals surface area contributed by atoms with Gasteiger partial charge in [0, 0.05) is 24.5 Å². The Morgan fingerprint density at radius 1 is 1.29 bits per heavy atom. The van der Waals surface area contributed by atoms with Gasteiger partial charge in [-0.3, -0.25) is 0 Å². The molecule has 1 aliphatic rings. The molecule has 0 saturated heterocycles. The van der Waals surface area contributed by atoms with E-state index in [9.17, 15) is 13.2 Å². The second-order valence-corrected chi connectivity index (χ2v) is 8.07. The van der Waals surface area contributed by atoms with Gasteiger partial charge in [-0.25, -0.2) is 9.98 Å². The van der Waals surface area contributed by atoms with Gasteiger partial charge in [-0.2, -0.15) is 13.2 Å². The first-order valence-electron chi connectivity index (χ1n) is 9.51. The van der Waals surface area contributed by atoms with Crippen LogP contribution in [0.25, 0.3) is 0 Å². The molecule has 0 radical (unpaired) electrons. The van der Waals surface area contributed by atoms with Crippen molar-refractivity contribution in [2.24, 2.45) is 10.9 Å². The van der Waals surface area contributed by atoms with Crippen LogP contribution in [0, 0.1) is 5.92 Å². The van der Waals surface area contributed by atoms with Crippen molar-refractivity contribution in [1.29, 1.82) is 0 Å². The summed E-state index contributed by atoms with van der Waals surface area (Å²) in [5, 5.41) is 7.92. The van der Waals surface area contributed by atoms with E-state index in [-0.39, 0.29) is 30.5 Å². The van der Waals surface area contributed by atoms with Gasteiger partial charge in [0.1, 0.15) is 5.01 Å². The highest BCUT2D eigenvalue weighted by atomic mass is 127. The van der Waals surface area contributed by atoms with Crippen LogP contribution in [0.2, 0.25) is 0 Å². The van der Waals surface area contributed by atoms with Crippen LogP contribution in [0.4, 0.5) is 13.2 Å². The Balaban J connectivity index is 0.00000392. The van der Waals surface area contributed by atoms with Crippen LogP contribution in [-0.2, 0) is 12.7 Å². The molecule has 1 atom stereocenters. The molecule has 2 N–H and O–H groups in total. The molecule has 10 heteroatoms. The summed E-state index contributed by atoms with van der Waals surface area (Å²) in [6.07, 6.45) is 1.99. The third-order valence-corrected chi connectivity index (χ3v) is 5.73. The third kappa shape index (κ3) is 8.02. The average Bonchev–Trinajstić information content (AvgIpc) is 3.10. The van der Waals surface area contributed by atoms with Gasteiger partial charge in [-0.15, -0.1) is 35.3 Å². The number of thiazole rings is 1. The molecule has 1 aliphatic carbocycles. The van der Waals surface area contributed by atoms with Gasteiger partial charge in [0.25, 0.3) is 0 Å². The van der Waals surface area contributed by atoms with Crippen LogP contribution in [0.1, 0.15) is 49.7 Å². The molecule has 28 heavy (non-hydrogen) atoms. The van der Waals surface area contributed by atoms with E-state index in [0.29, 0.717) is 29.5 Å². The highest BCUT2D eigenvalue weighted by Gasteiger charge is 2.33. The standard InChI is InChI=1S/C18H30F3N5S.HI/c1-4-22-17(24-11-16-25-15(12-27-16)18(19,20)21)23-10-14(26(2)3)13-8-6-5-7-9-13;/h12-14H,4-11H2,1-3H3,(H2,22,23,24);1H. The molecular formula is C18H31F3IN5S. The third-order valence-electron chi connectivity index (χ3n) is 4.89. The van der Waals surface area contributed by atoms with Crippen LogP contribution >= 0.6 is 35.3 Å². The minimum Gasteiger partial charge on any atom is -0.357 e. The molecule has 1 aromatic heterocycles. The number of halogens is 4. The number of nitrogens with one attached hydrogen (secondary N) is 2. The zero-order chi connectivity index (χ0) is 19.9. The summed E-state index contributed by atoms with van der Waals surface area (Å²) in [5.74, 6) is 1.28. The normalized spacial score (nSPS) is 17.3. The first kappa shape index (κ1) is 25.4. The van der Waals surface area contributed by atoms with E-state index in [1.807, 2.05) is 6.92 Å². The van der Waals surface area contributed by atoms with Gasteiger partial charge >= 0.3 is 6.18 Å². The van der Waals surface area contributed by atoms with Crippen molar-refractivity contribution >= 4 is 41.3 Å². The first-order chi connectivity index (χ1) is 12.8. The van der Waals surface area contributed by atoms with Crippen molar-refractivity contribution in [2.75, 3.05) is 27.2 Å². The lowest BCUT2D eigenvalue weighted by molar-refractivity contribution is -0.140. The van der Waals surface area contributed by atoms with Gasteiger partial charge in [0.2, 0.25) is 0 Å². The average molecular weight is 533 g/mol. The van der Waals surface area contributed by atoms with E-state index in [2.05, 4.69) is 39.6 Å². The molecule has 0 aliphatic heterocycles. The molecule has 1 heterocycles. The predicted octanol–water partition coefficient (Wildman–Crippen LogP) is 4.35. The maximum absolute atomic E-state index is 12.7. The molecule has 5 nitrogen and oxygen atoms in total. The summed E-state index contributed by atoms with van der Waals surface area (Å²) in [6, 6.07) is 0.408. The molecule has 0 aromatic carbocycles. The number of hydrogen-bond donors (Lipinski definition) is 2. The number of aromatic nitrogens is 1. The lowest BCUT2D eigenvalue weighted by atomic mass is 9.83. The first-order valence-corrected chi connectivity index (χ1v) is 10.4. The quantitative estimate of drug-likeness (QED) is 0.311. The summed E-state index contributed by atoms with van der Waals surface area (Å²) >= 11 is 0.987. The highest BCUT2D eigenvalue weighted by Crippen LogP contribution is 2.30. The van der Waals surface area contributed by atoms with Crippen molar-refractivity contribution in [3.8, 4) is 0 Å². The summed E-state index contributed by atoms with van der Waals surface area (Å²) in [4.78, 5) is 10.3. The van der Waals surface area contributed by atoms with E-state index in [1.54, 1.807) is 0 Å². The van der Waals surface area contributed by atoms with Crippen molar-refractivity contribution in [1.82, 2.24) is 20.5 Å². The number of rotatable bonds is 7. The minimum absolute atomic E-state index is 0. The topological polar surface area (TPSA) is 52.6 Å². The molecule has 1 unspecified atom stereocenters. The SMILES string of the molecule is CCNC(=NCc1nc(C(F)(F)F)cs1)NCC(C1CCCCC1)N(C)C.I. The van der Waals surface area contributed by atoms with Crippen molar-refractivity contribution in [2.45, 2.75) is 57.8 Å². The Labute approximate surface area is 186 Å². The van der Waals surface area contributed by atoms with Crippen molar-refractivity contribution in [3.05, 3.63) is 16.1 Å². The molecule has 0 spiro atoms. The molecule has 0 amide bonds. The smallest absolute Gasteiger partial charge is 0.357 e. The number of likely N-dealkylation sites (N-methyl/N-ethyl adjacent to an activating group) is 1. The summed E-state index contributed by atoms with van der Waals surface area (Å²) in [5.41, 5.74) is -0.847. The Morgan fingerprint density at radius 3 is 2.50 bits per heavy atom. The summed E-state index contributed by atoms with van der Waals surface area (Å²) in [7, 11) is 4.19. The van der Waals surface area contributed by atoms with E-state index < -0.39 is 11.9 Å². The Bertz CT molecular complexity index is 600. The van der Waals surface area contributed by atoms with Crippen LogP contribution in [-0.4, -0.2) is 49.1 Å². The Kier molecular flexibility index (Phi) is 11.0. The molecule has 1 fully saturated rings. The fourth-order valence-electron chi connectivity index (χ4n) is 3.49. The largest absolute Gasteiger partial charge is 0.434 e. The zero-order valence-electron chi connectivity index (χ0n) is 16.7. The fraction of sp³-hybridized carbons (Fsp3) is 0.778. The van der Waals surface area contributed by atoms with Crippen LogP contribution < -0.4 is 10.6 Å². The number of hydrogen-bond acceptors (Lipinski definition) is 4. The number of guanidine groups is 1. The highest BCUT2D eigenvalue weighted by molar-refractivity contribution is 14.0. The maximum atomic E-state index is 12.7. The van der Waals surface area contributed by atoms with Gasteiger partial charge in [-0.1, -0.05) is 19.3 Å². The fourth-order valence-corrected chi connectivity index (χ4v) is 4.22. The summed E-state index contributed by atoms with van der Waals surface area (Å²) < 4.78 is 38.0. The van der Waals surface area contributed by atoms with E-state index in [0.717, 1.165) is 23.3 Å². The van der Waals surface area contributed by atoms with Gasteiger partial charge < -0.3 is 15.5 Å². The predicted molar refractivity (Wildman–Crippen MR) is 119 cm³/mol. The second-order valence-electron chi connectivity index (χ2n) is 7.13. The number of aliphatic imine (C=N–C) groups is 1. The second kappa shape index (κ2) is 12.2.